The van der Waals surface area contributed by atoms with Crippen LogP contribution in [0.5, 0.6) is 5.75 Å². The van der Waals surface area contributed by atoms with Gasteiger partial charge in [0.15, 0.2) is 6.23 Å². The molecule has 1 saturated carbocycles. The minimum absolute atomic E-state index is 0.200. The summed E-state index contributed by atoms with van der Waals surface area (Å²) in [5, 5.41) is 22.4. The molecule has 0 unspecified atom stereocenters. The van der Waals surface area contributed by atoms with Crippen molar-refractivity contribution in [3.05, 3.63) is 42.6 Å². The van der Waals surface area contributed by atoms with Crippen molar-refractivity contribution in [3.63, 3.8) is 0 Å². The van der Waals surface area contributed by atoms with E-state index < -0.39 is 30.9 Å². The molecule has 3 aromatic heterocycles. The van der Waals surface area contributed by atoms with Gasteiger partial charge in [0.1, 0.15) is 47.7 Å². The molecule has 4 aromatic rings. The van der Waals surface area contributed by atoms with Crippen molar-refractivity contribution in [2.75, 3.05) is 12.3 Å². The van der Waals surface area contributed by atoms with E-state index in [1.165, 1.54) is 24.5 Å². The largest absolute Gasteiger partial charge is 0.573 e. The Hall–Kier alpha value is -3.46. The smallest absolute Gasteiger partial charge is 0.406 e. The lowest BCUT2D eigenvalue weighted by atomic mass is 9.76. The number of aryl methyl sites for hydroxylation is 1. The zero-order valence-electron chi connectivity index (χ0n) is 23.2. The molecule has 0 radical (unpaired) electrons. The lowest BCUT2D eigenvalue weighted by Gasteiger charge is -2.46. The fourth-order valence-electron chi connectivity index (χ4n) is 6.20. The second-order valence-corrected chi connectivity index (χ2v) is 11.5. The summed E-state index contributed by atoms with van der Waals surface area (Å²) in [6.45, 7) is 4.67. The Bertz CT molecular complexity index is 1550. The van der Waals surface area contributed by atoms with Gasteiger partial charge in [0, 0.05) is 37.3 Å². The monoisotopic (exact) mass is 589 g/mol. The number of nitrogens with zero attached hydrogens (tertiary/aromatic N) is 5. The Morgan fingerprint density at radius 3 is 2.71 bits per heavy atom. The summed E-state index contributed by atoms with van der Waals surface area (Å²) >= 11 is 0. The predicted molar refractivity (Wildman–Crippen MR) is 147 cm³/mol. The summed E-state index contributed by atoms with van der Waals surface area (Å²) in [6.07, 6.45) is -1.76. The van der Waals surface area contributed by atoms with Gasteiger partial charge < -0.3 is 35.0 Å². The molecule has 14 heteroatoms. The zero-order valence-corrected chi connectivity index (χ0v) is 23.2. The van der Waals surface area contributed by atoms with Crippen LogP contribution in [-0.2, 0) is 11.2 Å². The van der Waals surface area contributed by atoms with Gasteiger partial charge in [0.2, 0.25) is 0 Å². The third kappa shape index (κ3) is 5.63. The minimum atomic E-state index is -4.75. The highest BCUT2D eigenvalue weighted by Crippen LogP contribution is 2.39. The molecule has 1 aromatic carbocycles. The minimum Gasteiger partial charge on any atom is -0.406 e. The van der Waals surface area contributed by atoms with Crippen molar-refractivity contribution in [1.29, 1.82) is 0 Å². The highest BCUT2D eigenvalue weighted by Gasteiger charge is 2.46. The van der Waals surface area contributed by atoms with Crippen LogP contribution in [0.3, 0.4) is 0 Å². The summed E-state index contributed by atoms with van der Waals surface area (Å²) in [7, 11) is 0. The summed E-state index contributed by atoms with van der Waals surface area (Å²) in [6, 6.07) is 6.36. The van der Waals surface area contributed by atoms with Crippen LogP contribution in [0.15, 0.2) is 36.8 Å². The van der Waals surface area contributed by atoms with Crippen LogP contribution < -0.4 is 10.5 Å². The summed E-state index contributed by atoms with van der Waals surface area (Å²) < 4.78 is 49.5. The molecule has 11 nitrogen and oxygen atoms in total. The van der Waals surface area contributed by atoms with Gasteiger partial charge in [0.05, 0.1) is 16.4 Å². The fourth-order valence-corrected chi connectivity index (χ4v) is 6.20. The van der Waals surface area contributed by atoms with Gasteiger partial charge in [-0.1, -0.05) is 0 Å². The van der Waals surface area contributed by atoms with Crippen molar-refractivity contribution in [2.45, 2.75) is 82.5 Å². The molecule has 2 aliphatic rings. The van der Waals surface area contributed by atoms with Gasteiger partial charge in [0.25, 0.3) is 0 Å². The van der Waals surface area contributed by atoms with E-state index in [1.807, 2.05) is 0 Å². The number of benzene rings is 1. The van der Waals surface area contributed by atoms with Crippen LogP contribution in [0.25, 0.3) is 22.1 Å². The number of aromatic nitrogens is 5. The molecule has 0 amide bonds. The Morgan fingerprint density at radius 1 is 1.19 bits per heavy atom. The topological polar surface area (TPSA) is 148 Å². The maximum absolute atomic E-state index is 12.5. The van der Waals surface area contributed by atoms with Crippen molar-refractivity contribution in [2.24, 2.45) is 5.92 Å². The average Bonchev–Trinajstić information content (AvgIpc) is 3.58. The number of anilines is 1. The van der Waals surface area contributed by atoms with Gasteiger partial charge in [-0.3, -0.25) is 4.90 Å². The van der Waals surface area contributed by atoms with Crippen LogP contribution in [0.4, 0.5) is 19.0 Å². The number of nitrogens with two attached hydrogens (primary N) is 1. The first-order valence-corrected chi connectivity index (χ1v) is 14.1. The van der Waals surface area contributed by atoms with E-state index in [0.29, 0.717) is 52.8 Å². The number of imidazole rings is 1. The molecule has 2 fully saturated rings. The number of H-pyrrole nitrogens is 1. The lowest BCUT2D eigenvalue weighted by Crippen LogP contribution is -2.52. The summed E-state index contributed by atoms with van der Waals surface area (Å²) in [5.41, 5.74) is 7.58. The molecule has 4 atom stereocenters. The maximum Gasteiger partial charge on any atom is 0.573 e. The molecule has 226 valence electrons. The standard InChI is InChI=1S/C28H34F3N7O4/c1-14(2)38(12-21-23(39)24(40)27(41-21)37-8-7-18-25(32)33-13-34-26(18)37)16-9-15(10-16)3-6-22-35-19-5-4-17(11-20(19)36-22)42-28(29,30)31/h4-5,7-8,11,13-16,21,23-24,27,39-40H,3,6,9-10,12H2,1-2H3,(H,35,36)(H2,32,33,34)/t15-,16-,21-,23-,24-,27-/m1/s1. The number of fused-ring (bicyclic) bond motifs is 2. The summed E-state index contributed by atoms with van der Waals surface area (Å²) in [5.74, 6) is 1.24. The zero-order chi connectivity index (χ0) is 29.8. The molecule has 1 aliphatic carbocycles. The van der Waals surface area contributed by atoms with Gasteiger partial charge in [-0.05, 0) is 57.2 Å². The van der Waals surface area contributed by atoms with Gasteiger partial charge >= 0.3 is 6.36 Å². The van der Waals surface area contributed by atoms with Gasteiger partial charge in [-0.25, -0.2) is 15.0 Å². The van der Waals surface area contributed by atoms with Crippen LogP contribution in [-0.4, -0.2) is 82.9 Å². The van der Waals surface area contributed by atoms with Crippen LogP contribution in [0.1, 0.15) is 45.2 Å². The number of nitrogens with one attached hydrogen (secondary N) is 1. The number of aliphatic hydroxyl groups excluding tert-OH is 2. The van der Waals surface area contributed by atoms with Crippen LogP contribution in [0.2, 0.25) is 0 Å². The number of rotatable bonds is 9. The Morgan fingerprint density at radius 2 is 1.98 bits per heavy atom. The van der Waals surface area contributed by atoms with E-state index in [0.717, 1.165) is 25.1 Å². The Kier molecular flexibility index (Phi) is 7.50. The second kappa shape index (κ2) is 11.0. The normalized spacial score (nSPS) is 26.5. The van der Waals surface area contributed by atoms with E-state index in [-0.39, 0.29) is 11.8 Å². The first-order valence-electron chi connectivity index (χ1n) is 14.1. The number of alkyl halides is 3. The molecule has 4 heterocycles. The van der Waals surface area contributed by atoms with E-state index in [4.69, 9.17) is 10.5 Å². The van der Waals surface area contributed by atoms with Gasteiger partial charge in [-0.2, -0.15) is 0 Å². The number of nitrogen functional groups attached to an aromatic ring is 1. The number of hydrogen-bond donors (Lipinski definition) is 4. The van der Waals surface area contributed by atoms with Crippen LogP contribution >= 0.6 is 0 Å². The predicted octanol–water partition coefficient (Wildman–Crippen LogP) is 3.53. The number of hydrogen-bond acceptors (Lipinski definition) is 9. The molecular weight excluding hydrogens is 555 g/mol. The van der Waals surface area contributed by atoms with Crippen LogP contribution in [0, 0.1) is 5.92 Å². The van der Waals surface area contributed by atoms with Gasteiger partial charge in [-0.15, -0.1) is 13.2 Å². The van der Waals surface area contributed by atoms with Crippen molar-refractivity contribution < 1.29 is 32.9 Å². The quantitative estimate of drug-likeness (QED) is 0.230. The first kappa shape index (κ1) is 28.6. The molecular formula is C28H34F3N7O4. The van der Waals surface area contributed by atoms with E-state index >= 15 is 0 Å². The Balaban J connectivity index is 1.04. The maximum atomic E-state index is 12.5. The number of ether oxygens (including phenoxy) is 2. The molecule has 5 N–H and O–H groups in total. The van der Waals surface area contributed by atoms with Crippen molar-refractivity contribution in [3.8, 4) is 5.75 Å². The van der Waals surface area contributed by atoms with Crippen molar-refractivity contribution in [1.82, 2.24) is 29.4 Å². The third-order valence-electron chi connectivity index (χ3n) is 8.41. The third-order valence-corrected chi connectivity index (χ3v) is 8.41. The summed E-state index contributed by atoms with van der Waals surface area (Å²) in [4.78, 5) is 18.2. The molecule has 42 heavy (non-hydrogen) atoms. The van der Waals surface area contributed by atoms with E-state index in [2.05, 4.69) is 43.4 Å². The number of aromatic amines is 1. The molecule has 0 spiro atoms. The molecule has 1 saturated heterocycles. The van der Waals surface area contributed by atoms with Crippen molar-refractivity contribution >= 4 is 27.9 Å². The number of aliphatic hydroxyl groups is 2. The lowest BCUT2D eigenvalue weighted by molar-refractivity contribution is -0.274. The van der Waals surface area contributed by atoms with E-state index in [1.54, 1.807) is 16.8 Å². The molecule has 0 bridgehead atoms. The molecule has 6 rings (SSSR count). The highest BCUT2D eigenvalue weighted by atomic mass is 19.4. The molecule has 1 aliphatic heterocycles. The first-order chi connectivity index (χ1) is 20.0. The fraction of sp³-hybridized carbons (Fsp3) is 0.536. The Labute approximate surface area is 239 Å². The van der Waals surface area contributed by atoms with E-state index in [9.17, 15) is 23.4 Å². The SMILES string of the molecule is CC(C)N(C[C@H]1O[C@@H](n2ccc3c(N)ncnc32)[C@H](O)[C@@H]1O)[C@H]1C[C@H](CCc2nc3cc(OC(F)(F)F)ccc3[nH]2)C1. The average molecular weight is 590 g/mol. The highest BCUT2D eigenvalue weighted by molar-refractivity contribution is 5.86. The second-order valence-electron chi connectivity index (χ2n) is 11.5. The number of halogens is 3.